The summed E-state index contributed by atoms with van der Waals surface area (Å²) in [6, 6.07) is 10.3. The third kappa shape index (κ3) is 3.09. The number of aryl methyl sites for hydroxylation is 1. The second-order valence-electron chi connectivity index (χ2n) is 5.63. The molecule has 0 atom stereocenters. The van der Waals surface area contributed by atoms with E-state index in [1.54, 1.807) is 24.3 Å². The molecule has 1 aliphatic rings. The minimum Gasteiger partial charge on any atom is -0.497 e. The number of anilines is 1. The minimum absolute atomic E-state index is 0.241. The van der Waals surface area contributed by atoms with Gasteiger partial charge in [0.2, 0.25) is 0 Å². The second kappa shape index (κ2) is 6.19. The predicted molar refractivity (Wildman–Crippen MR) is 84.4 cm³/mol. The SMILES string of the molecule is COc1cccc(C(=O)N2CCCc3cc(C(F)(F)F)ccc32)c1. The van der Waals surface area contributed by atoms with Crippen molar-refractivity contribution < 1.29 is 22.7 Å². The average molecular weight is 335 g/mol. The van der Waals surface area contributed by atoms with E-state index in [1.165, 1.54) is 18.1 Å². The number of hydrogen-bond donors (Lipinski definition) is 0. The molecule has 0 N–H and O–H groups in total. The van der Waals surface area contributed by atoms with Gasteiger partial charge in [0.25, 0.3) is 5.91 Å². The molecule has 126 valence electrons. The first-order chi connectivity index (χ1) is 11.4. The zero-order valence-corrected chi connectivity index (χ0v) is 13.1. The maximum Gasteiger partial charge on any atom is 0.416 e. The van der Waals surface area contributed by atoms with E-state index >= 15 is 0 Å². The van der Waals surface area contributed by atoms with Crippen LogP contribution in [-0.2, 0) is 12.6 Å². The highest BCUT2D eigenvalue weighted by atomic mass is 19.4. The van der Waals surface area contributed by atoms with E-state index < -0.39 is 11.7 Å². The van der Waals surface area contributed by atoms with Crippen LogP contribution in [0.15, 0.2) is 42.5 Å². The van der Waals surface area contributed by atoms with Crippen molar-refractivity contribution in [2.24, 2.45) is 0 Å². The molecule has 0 saturated carbocycles. The highest BCUT2D eigenvalue weighted by molar-refractivity contribution is 6.07. The molecule has 1 aliphatic heterocycles. The summed E-state index contributed by atoms with van der Waals surface area (Å²) in [7, 11) is 1.51. The van der Waals surface area contributed by atoms with Crippen molar-refractivity contribution in [3.8, 4) is 5.75 Å². The van der Waals surface area contributed by atoms with Crippen LogP contribution in [0.5, 0.6) is 5.75 Å². The molecule has 0 fully saturated rings. The van der Waals surface area contributed by atoms with Crippen LogP contribution in [0.25, 0.3) is 0 Å². The largest absolute Gasteiger partial charge is 0.497 e. The third-order valence-electron chi connectivity index (χ3n) is 4.09. The quantitative estimate of drug-likeness (QED) is 0.819. The van der Waals surface area contributed by atoms with E-state index in [-0.39, 0.29) is 5.91 Å². The van der Waals surface area contributed by atoms with E-state index in [0.717, 1.165) is 12.1 Å². The molecule has 1 amide bonds. The number of nitrogens with zero attached hydrogens (tertiary/aromatic N) is 1. The Morgan fingerprint density at radius 1 is 1.17 bits per heavy atom. The molecule has 0 saturated heterocycles. The lowest BCUT2D eigenvalue weighted by Crippen LogP contribution is -2.35. The number of carbonyl (C=O) groups is 1. The summed E-state index contributed by atoms with van der Waals surface area (Å²) in [5, 5.41) is 0. The molecule has 3 nitrogen and oxygen atoms in total. The number of amides is 1. The van der Waals surface area contributed by atoms with Gasteiger partial charge in [-0.2, -0.15) is 13.2 Å². The van der Waals surface area contributed by atoms with Gasteiger partial charge in [0.05, 0.1) is 12.7 Å². The Bertz CT molecular complexity index is 771. The molecule has 0 bridgehead atoms. The Morgan fingerprint density at radius 2 is 1.96 bits per heavy atom. The molecule has 3 rings (SSSR count). The van der Waals surface area contributed by atoms with Crippen molar-refractivity contribution in [2.45, 2.75) is 19.0 Å². The number of ether oxygens (including phenoxy) is 1. The number of fused-ring (bicyclic) bond motifs is 1. The summed E-state index contributed by atoms with van der Waals surface area (Å²) >= 11 is 0. The van der Waals surface area contributed by atoms with Crippen LogP contribution in [0, 0.1) is 0 Å². The number of halogens is 3. The lowest BCUT2D eigenvalue weighted by molar-refractivity contribution is -0.137. The number of carbonyl (C=O) groups excluding carboxylic acids is 1. The Kier molecular flexibility index (Phi) is 4.22. The fourth-order valence-electron chi connectivity index (χ4n) is 2.90. The summed E-state index contributed by atoms with van der Waals surface area (Å²) in [6.45, 7) is 0.481. The lowest BCUT2D eigenvalue weighted by Gasteiger charge is -2.30. The fourth-order valence-corrected chi connectivity index (χ4v) is 2.90. The van der Waals surface area contributed by atoms with E-state index in [2.05, 4.69) is 0 Å². The first-order valence-electron chi connectivity index (χ1n) is 7.56. The summed E-state index contributed by atoms with van der Waals surface area (Å²) in [5.41, 5.74) is 0.855. The van der Waals surface area contributed by atoms with Crippen molar-refractivity contribution in [3.63, 3.8) is 0 Å². The Hall–Kier alpha value is -2.50. The van der Waals surface area contributed by atoms with Crippen LogP contribution >= 0.6 is 0 Å². The first-order valence-corrected chi connectivity index (χ1v) is 7.56. The van der Waals surface area contributed by atoms with E-state index in [4.69, 9.17) is 4.74 Å². The molecule has 0 spiro atoms. The molecular formula is C18H16F3NO2. The van der Waals surface area contributed by atoms with Gasteiger partial charge in [0, 0.05) is 17.8 Å². The first kappa shape index (κ1) is 16.4. The maximum absolute atomic E-state index is 12.9. The molecule has 0 unspecified atom stereocenters. The fraction of sp³-hybridized carbons (Fsp3) is 0.278. The van der Waals surface area contributed by atoms with Crippen LogP contribution in [0.2, 0.25) is 0 Å². The van der Waals surface area contributed by atoms with Crippen LogP contribution < -0.4 is 9.64 Å². The average Bonchev–Trinajstić information content (AvgIpc) is 2.59. The Labute approximate surface area is 137 Å². The summed E-state index contributed by atoms with van der Waals surface area (Å²) in [6.07, 6.45) is -3.22. The Balaban J connectivity index is 1.95. The molecule has 2 aromatic rings. The number of benzene rings is 2. The van der Waals surface area contributed by atoms with Gasteiger partial charge in [-0.25, -0.2) is 0 Å². The van der Waals surface area contributed by atoms with Crippen LogP contribution in [0.3, 0.4) is 0 Å². The van der Waals surface area contributed by atoms with Gasteiger partial charge in [-0.1, -0.05) is 6.07 Å². The number of rotatable bonds is 2. The highest BCUT2D eigenvalue weighted by Crippen LogP contribution is 2.35. The van der Waals surface area contributed by atoms with Gasteiger partial charge in [-0.15, -0.1) is 0 Å². The van der Waals surface area contributed by atoms with Crippen molar-refractivity contribution in [1.29, 1.82) is 0 Å². The highest BCUT2D eigenvalue weighted by Gasteiger charge is 2.32. The zero-order valence-electron chi connectivity index (χ0n) is 13.1. The van der Waals surface area contributed by atoms with Gasteiger partial charge in [-0.05, 0) is 54.8 Å². The Morgan fingerprint density at radius 3 is 2.67 bits per heavy atom. The third-order valence-corrected chi connectivity index (χ3v) is 4.09. The molecule has 24 heavy (non-hydrogen) atoms. The number of methoxy groups -OCH3 is 1. The van der Waals surface area contributed by atoms with Crippen molar-refractivity contribution >= 4 is 11.6 Å². The predicted octanol–water partition coefficient (Wildman–Crippen LogP) is 4.31. The molecule has 2 aromatic carbocycles. The standard InChI is InChI=1S/C18H16F3NO2/c1-24-15-6-2-4-13(11-15)17(23)22-9-3-5-12-10-14(18(19,20)21)7-8-16(12)22/h2,4,6-8,10-11H,3,5,9H2,1H3. The summed E-state index contributed by atoms with van der Waals surface area (Å²) in [5.74, 6) is 0.320. The minimum atomic E-state index is -4.38. The van der Waals surface area contributed by atoms with Crippen LogP contribution in [-0.4, -0.2) is 19.6 Å². The van der Waals surface area contributed by atoms with Gasteiger partial charge >= 0.3 is 6.18 Å². The topological polar surface area (TPSA) is 29.5 Å². The second-order valence-corrected chi connectivity index (χ2v) is 5.63. The zero-order chi connectivity index (χ0) is 17.3. The van der Waals surface area contributed by atoms with E-state index in [9.17, 15) is 18.0 Å². The van der Waals surface area contributed by atoms with Crippen LogP contribution in [0.4, 0.5) is 18.9 Å². The van der Waals surface area contributed by atoms with E-state index in [1.807, 2.05) is 0 Å². The molecule has 6 heteroatoms. The van der Waals surface area contributed by atoms with Crippen LogP contribution in [0.1, 0.15) is 27.9 Å². The van der Waals surface area contributed by atoms with Crippen molar-refractivity contribution in [1.82, 2.24) is 0 Å². The molecular weight excluding hydrogens is 319 g/mol. The summed E-state index contributed by atoms with van der Waals surface area (Å²) < 4.78 is 43.7. The van der Waals surface area contributed by atoms with Gasteiger partial charge in [-0.3, -0.25) is 4.79 Å². The smallest absolute Gasteiger partial charge is 0.416 e. The van der Waals surface area contributed by atoms with Crippen molar-refractivity contribution in [2.75, 3.05) is 18.6 Å². The molecule has 0 aliphatic carbocycles. The lowest BCUT2D eigenvalue weighted by atomic mass is 9.98. The van der Waals surface area contributed by atoms with Crippen molar-refractivity contribution in [3.05, 3.63) is 59.2 Å². The summed E-state index contributed by atoms with van der Waals surface area (Å²) in [4.78, 5) is 14.3. The number of hydrogen-bond acceptors (Lipinski definition) is 2. The normalized spacial score (nSPS) is 14.2. The molecule has 0 radical (unpaired) electrons. The van der Waals surface area contributed by atoms with Gasteiger partial charge in [0.1, 0.15) is 5.75 Å². The van der Waals surface area contributed by atoms with Gasteiger partial charge in [0.15, 0.2) is 0 Å². The molecule has 1 heterocycles. The number of alkyl halides is 3. The monoisotopic (exact) mass is 335 g/mol. The maximum atomic E-state index is 12.9. The van der Waals surface area contributed by atoms with E-state index in [0.29, 0.717) is 42.0 Å². The van der Waals surface area contributed by atoms with Gasteiger partial charge < -0.3 is 9.64 Å². The molecule has 0 aromatic heterocycles.